The van der Waals surface area contributed by atoms with Crippen LogP contribution >= 0.6 is 15.9 Å². The second kappa shape index (κ2) is 6.11. The van der Waals surface area contributed by atoms with Crippen LogP contribution in [0.4, 0.5) is 6.01 Å². The van der Waals surface area contributed by atoms with Gasteiger partial charge in [0.05, 0.1) is 0 Å². The number of carbonyl (C=O) groups is 1. The third-order valence-corrected chi connectivity index (χ3v) is 3.58. The van der Waals surface area contributed by atoms with Gasteiger partial charge in [-0.15, -0.1) is 5.10 Å². The Morgan fingerprint density at radius 2 is 1.73 bits per heavy atom. The molecule has 0 saturated heterocycles. The lowest BCUT2D eigenvalue weighted by molar-refractivity contribution is 0.102. The van der Waals surface area contributed by atoms with E-state index >= 15 is 0 Å². The van der Waals surface area contributed by atoms with E-state index in [1.54, 1.807) is 24.3 Å². The van der Waals surface area contributed by atoms with Crippen LogP contribution in [-0.2, 0) is 0 Å². The summed E-state index contributed by atoms with van der Waals surface area (Å²) >= 11 is 3.32. The maximum Gasteiger partial charge on any atom is 0.322 e. The van der Waals surface area contributed by atoms with Crippen molar-refractivity contribution < 1.29 is 9.21 Å². The van der Waals surface area contributed by atoms with Gasteiger partial charge >= 0.3 is 6.01 Å². The summed E-state index contributed by atoms with van der Waals surface area (Å²) in [4.78, 5) is 12.1. The Bertz CT molecular complexity index is 795. The molecular formula is C16H12BrN3O2. The Morgan fingerprint density at radius 1 is 1.05 bits per heavy atom. The summed E-state index contributed by atoms with van der Waals surface area (Å²) in [5.74, 6) is 0.0673. The van der Waals surface area contributed by atoms with Crippen LogP contribution in [0, 0.1) is 6.92 Å². The predicted molar refractivity (Wildman–Crippen MR) is 86.6 cm³/mol. The molecule has 1 heterocycles. The van der Waals surface area contributed by atoms with Gasteiger partial charge in [0.1, 0.15) is 0 Å². The van der Waals surface area contributed by atoms with Gasteiger partial charge in [-0.05, 0) is 43.3 Å². The van der Waals surface area contributed by atoms with Crippen LogP contribution in [0.1, 0.15) is 15.9 Å². The summed E-state index contributed by atoms with van der Waals surface area (Å²) < 4.78 is 6.37. The summed E-state index contributed by atoms with van der Waals surface area (Å²) in [6, 6.07) is 14.8. The van der Waals surface area contributed by atoms with Gasteiger partial charge in [-0.25, -0.2) is 0 Å². The molecule has 6 heteroatoms. The first-order chi connectivity index (χ1) is 10.6. The van der Waals surface area contributed by atoms with Crippen molar-refractivity contribution in [2.24, 2.45) is 0 Å². The van der Waals surface area contributed by atoms with Gasteiger partial charge in [-0.1, -0.05) is 38.7 Å². The highest BCUT2D eigenvalue weighted by Crippen LogP contribution is 2.20. The minimum atomic E-state index is -0.299. The number of anilines is 1. The van der Waals surface area contributed by atoms with Crippen LogP contribution < -0.4 is 5.32 Å². The fourth-order valence-corrected chi connectivity index (χ4v) is 2.12. The molecule has 5 nitrogen and oxygen atoms in total. The van der Waals surface area contributed by atoms with Crippen molar-refractivity contribution in [1.82, 2.24) is 10.2 Å². The number of benzene rings is 2. The summed E-state index contributed by atoms with van der Waals surface area (Å²) in [6.45, 7) is 2.00. The van der Waals surface area contributed by atoms with E-state index in [9.17, 15) is 4.79 Å². The average Bonchev–Trinajstić information content (AvgIpc) is 2.97. The quantitative estimate of drug-likeness (QED) is 0.767. The van der Waals surface area contributed by atoms with Gasteiger partial charge in [0.25, 0.3) is 5.91 Å². The number of nitrogens with zero attached hydrogens (tertiary/aromatic N) is 2. The van der Waals surface area contributed by atoms with Crippen molar-refractivity contribution in [3.05, 3.63) is 64.1 Å². The van der Waals surface area contributed by atoms with E-state index in [-0.39, 0.29) is 11.9 Å². The molecular weight excluding hydrogens is 346 g/mol. The number of hydrogen-bond acceptors (Lipinski definition) is 4. The maximum atomic E-state index is 12.1. The largest absolute Gasteiger partial charge is 0.403 e. The number of nitrogens with one attached hydrogen (secondary N) is 1. The van der Waals surface area contributed by atoms with Gasteiger partial charge in [0, 0.05) is 15.6 Å². The predicted octanol–water partition coefficient (Wildman–Crippen LogP) is 4.06. The molecule has 0 atom stereocenters. The van der Waals surface area contributed by atoms with Gasteiger partial charge in [0.15, 0.2) is 0 Å². The Morgan fingerprint density at radius 3 is 2.41 bits per heavy atom. The fourth-order valence-electron chi connectivity index (χ4n) is 1.86. The first kappa shape index (κ1) is 14.5. The zero-order valence-electron chi connectivity index (χ0n) is 11.7. The van der Waals surface area contributed by atoms with Gasteiger partial charge in [0.2, 0.25) is 5.89 Å². The van der Waals surface area contributed by atoms with Crippen molar-refractivity contribution in [2.75, 3.05) is 5.32 Å². The molecule has 0 aliphatic heterocycles. The molecule has 3 rings (SSSR count). The SMILES string of the molecule is Cc1ccc(-c2nnc(NC(=O)c3ccc(Br)cc3)o2)cc1. The number of aryl methyl sites for hydroxylation is 1. The monoisotopic (exact) mass is 357 g/mol. The standard InChI is InChI=1S/C16H12BrN3O2/c1-10-2-4-12(5-3-10)15-19-20-16(22-15)18-14(21)11-6-8-13(17)9-7-11/h2-9H,1H3,(H,18,20,21). The highest BCUT2D eigenvalue weighted by molar-refractivity contribution is 9.10. The molecule has 0 fully saturated rings. The number of carbonyl (C=O) groups excluding carboxylic acids is 1. The summed E-state index contributed by atoms with van der Waals surface area (Å²) in [6.07, 6.45) is 0. The molecule has 0 unspecified atom stereocenters. The minimum absolute atomic E-state index is 0.0727. The zero-order chi connectivity index (χ0) is 15.5. The molecule has 0 aliphatic rings. The molecule has 0 saturated carbocycles. The molecule has 2 aromatic carbocycles. The third-order valence-electron chi connectivity index (χ3n) is 3.05. The molecule has 1 amide bonds. The van der Waals surface area contributed by atoms with Gasteiger partial charge in [-0.2, -0.15) is 0 Å². The van der Waals surface area contributed by atoms with Crippen LogP contribution in [0.5, 0.6) is 0 Å². The van der Waals surface area contributed by atoms with Gasteiger partial charge < -0.3 is 4.42 Å². The number of halogens is 1. The maximum absolute atomic E-state index is 12.1. The van der Waals surface area contributed by atoms with E-state index in [4.69, 9.17) is 4.42 Å². The Kier molecular flexibility index (Phi) is 4.02. The number of aromatic nitrogens is 2. The van der Waals surface area contributed by atoms with Crippen LogP contribution in [0.15, 0.2) is 57.4 Å². The third kappa shape index (κ3) is 3.23. The minimum Gasteiger partial charge on any atom is -0.403 e. The van der Waals surface area contributed by atoms with Crippen molar-refractivity contribution in [1.29, 1.82) is 0 Å². The number of amides is 1. The summed E-state index contributed by atoms with van der Waals surface area (Å²) in [5, 5.41) is 10.4. The van der Waals surface area contributed by atoms with Crippen LogP contribution in [0.25, 0.3) is 11.5 Å². The van der Waals surface area contributed by atoms with Crippen LogP contribution in [0.3, 0.4) is 0 Å². The molecule has 0 radical (unpaired) electrons. The van der Waals surface area contributed by atoms with Crippen molar-refractivity contribution in [2.45, 2.75) is 6.92 Å². The van der Waals surface area contributed by atoms with E-state index in [0.717, 1.165) is 15.6 Å². The highest BCUT2D eigenvalue weighted by atomic mass is 79.9. The lowest BCUT2D eigenvalue weighted by Crippen LogP contribution is -2.11. The molecule has 1 aromatic heterocycles. The van der Waals surface area contributed by atoms with E-state index < -0.39 is 0 Å². The van der Waals surface area contributed by atoms with Crippen LogP contribution in [0.2, 0.25) is 0 Å². The molecule has 3 aromatic rings. The summed E-state index contributed by atoms with van der Waals surface area (Å²) in [5.41, 5.74) is 2.47. The second-order valence-corrected chi connectivity index (χ2v) is 5.66. The van der Waals surface area contributed by atoms with Crippen molar-refractivity contribution >= 4 is 27.9 Å². The smallest absolute Gasteiger partial charge is 0.322 e. The topological polar surface area (TPSA) is 68.0 Å². The number of rotatable bonds is 3. The van der Waals surface area contributed by atoms with E-state index in [0.29, 0.717) is 11.5 Å². The Balaban J connectivity index is 1.75. The van der Waals surface area contributed by atoms with Crippen LogP contribution in [-0.4, -0.2) is 16.1 Å². The zero-order valence-corrected chi connectivity index (χ0v) is 13.3. The Labute approximate surface area is 135 Å². The van der Waals surface area contributed by atoms with Crippen molar-refractivity contribution in [3.8, 4) is 11.5 Å². The molecule has 0 spiro atoms. The molecule has 1 N–H and O–H groups in total. The highest BCUT2D eigenvalue weighted by Gasteiger charge is 2.12. The second-order valence-electron chi connectivity index (χ2n) is 4.74. The molecule has 22 heavy (non-hydrogen) atoms. The normalized spacial score (nSPS) is 10.5. The average molecular weight is 358 g/mol. The lowest BCUT2D eigenvalue weighted by Gasteiger charge is -2.00. The van der Waals surface area contributed by atoms with E-state index in [2.05, 4.69) is 31.4 Å². The lowest BCUT2D eigenvalue weighted by atomic mass is 10.1. The fraction of sp³-hybridized carbons (Fsp3) is 0.0625. The summed E-state index contributed by atoms with van der Waals surface area (Å²) in [7, 11) is 0. The number of hydrogen-bond donors (Lipinski definition) is 1. The first-order valence-electron chi connectivity index (χ1n) is 6.59. The molecule has 110 valence electrons. The Hall–Kier alpha value is -2.47. The van der Waals surface area contributed by atoms with Crippen molar-refractivity contribution in [3.63, 3.8) is 0 Å². The van der Waals surface area contributed by atoms with Gasteiger partial charge in [-0.3, -0.25) is 10.1 Å². The van der Waals surface area contributed by atoms with E-state index in [1.807, 2.05) is 31.2 Å². The van der Waals surface area contributed by atoms with E-state index in [1.165, 1.54) is 0 Å². The molecule has 0 aliphatic carbocycles. The molecule has 0 bridgehead atoms. The first-order valence-corrected chi connectivity index (χ1v) is 7.38.